The molecule has 1 aliphatic rings. The second kappa shape index (κ2) is 9.24. The van der Waals surface area contributed by atoms with Crippen LogP contribution in [-0.4, -0.2) is 37.1 Å². The van der Waals surface area contributed by atoms with Crippen LogP contribution >= 0.6 is 0 Å². The Balaban J connectivity index is 1.26. The number of hydrogen-bond donors (Lipinski definition) is 1. The second-order valence-corrected chi connectivity index (χ2v) is 7.25. The first-order valence-electron chi connectivity index (χ1n) is 10.1. The SMILES string of the molecule is O=C(CCc1ccccc1)Nc1ccc(N2CCN(c3ccccc3)CC2)cn1. The number of aryl methyl sites for hydroxylation is 1. The van der Waals surface area contributed by atoms with Gasteiger partial charge in [0.05, 0.1) is 11.9 Å². The van der Waals surface area contributed by atoms with Gasteiger partial charge in [-0.15, -0.1) is 0 Å². The predicted octanol–water partition coefficient (Wildman–Crippen LogP) is 3.98. The van der Waals surface area contributed by atoms with E-state index in [4.69, 9.17) is 0 Å². The maximum absolute atomic E-state index is 12.2. The first-order chi connectivity index (χ1) is 14.3. The molecule has 1 aromatic heterocycles. The van der Waals surface area contributed by atoms with Crippen molar-refractivity contribution in [3.63, 3.8) is 0 Å². The lowest BCUT2D eigenvalue weighted by molar-refractivity contribution is -0.116. The number of hydrogen-bond acceptors (Lipinski definition) is 4. The smallest absolute Gasteiger partial charge is 0.225 e. The number of rotatable bonds is 6. The number of carbonyl (C=O) groups excluding carboxylic acids is 1. The molecule has 5 heteroatoms. The molecule has 2 heterocycles. The van der Waals surface area contributed by atoms with Crippen molar-refractivity contribution in [2.75, 3.05) is 41.3 Å². The van der Waals surface area contributed by atoms with Gasteiger partial charge in [-0.25, -0.2) is 4.98 Å². The Hall–Kier alpha value is -3.34. The zero-order valence-corrected chi connectivity index (χ0v) is 16.5. The van der Waals surface area contributed by atoms with Gasteiger partial charge in [-0.1, -0.05) is 48.5 Å². The van der Waals surface area contributed by atoms with Crippen LogP contribution in [0.1, 0.15) is 12.0 Å². The van der Waals surface area contributed by atoms with Gasteiger partial charge in [0.15, 0.2) is 0 Å². The second-order valence-electron chi connectivity index (χ2n) is 7.25. The average Bonchev–Trinajstić information content (AvgIpc) is 2.80. The van der Waals surface area contributed by atoms with Crippen molar-refractivity contribution in [3.8, 4) is 0 Å². The van der Waals surface area contributed by atoms with Crippen molar-refractivity contribution in [1.29, 1.82) is 0 Å². The number of benzene rings is 2. The lowest BCUT2D eigenvalue weighted by Crippen LogP contribution is -2.46. The third kappa shape index (κ3) is 5.13. The Morgan fingerprint density at radius 2 is 1.41 bits per heavy atom. The molecule has 0 atom stereocenters. The molecule has 0 bridgehead atoms. The van der Waals surface area contributed by atoms with Crippen LogP contribution in [0.3, 0.4) is 0 Å². The van der Waals surface area contributed by atoms with E-state index in [-0.39, 0.29) is 5.91 Å². The van der Waals surface area contributed by atoms with Crippen molar-refractivity contribution >= 4 is 23.1 Å². The minimum Gasteiger partial charge on any atom is -0.368 e. The molecule has 0 radical (unpaired) electrons. The molecule has 0 unspecified atom stereocenters. The summed E-state index contributed by atoms with van der Waals surface area (Å²) in [4.78, 5) is 21.4. The molecule has 1 aliphatic heterocycles. The maximum atomic E-state index is 12.2. The standard InChI is InChI=1S/C24H26N4O/c29-24(14-11-20-7-3-1-4-8-20)26-23-13-12-22(19-25-23)28-17-15-27(16-18-28)21-9-5-2-6-10-21/h1-10,12-13,19H,11,14-18H2,(H,25,26,29). The molecular weight excluding hydrogens is 360 g/mol. The van der Waals surface area contributed by atoms with E-state index in [1.165, 1.54) is 11.3 Å². The van der Waals surface area contributed by atoms with E-state index in [0.717, 1.165) is 38.3 Å². The van der Waals surface area contributed by atoms with E-state index in [1.54, 1.807) is 0 Å². The highest BCUT2D eigenvalue weighted by Gasteiger charge is 2.17. The summed E-state index contributed by atoms with van der Waals surface area (Å²) >= 11 is 0. The number of nitrogens with zero attached hydrogens (tertiary/aromatic N) is 3. The average molecular weight is 386 g/mol. The molecule has 29 heavy (non-hydrogen) atoms. The van der Waals surface area contributed by atoms with E-state index >= 15 is 0 Å². The summed E-state index contributed by atoms with van der Waals surface area (Å²) in [5.74, 6) is 0.598. The van der Waals surface area contributed by atoms with Gasteiger partial charge in [0, 0.05) is 38.3 Å². The summed E-state index contributed by atoms with van der Waals surface area (Å²) in [6.07, 6.45) is 3.04. The van der Waals surface area contributed by atoms with Gasteiger partial charge < -0.3 is 15.1 Å². The summed E-state index contributed by atoms with van der Waals surface area (Å²) in [5, 5.41) is 2.89. The van der Waals surface area contributed by atoms with Gasteiger partial charge in [0.1, 0.15) is 5.82 Å². The van der Waals surface area contributed by atoms with Crippen LogP contribution in [0.5, 0.6) is 0 Å². The number of carbonyl (C=O) groups is 1. The summed E-state index contributed by atoms with van der Waals surface area (Å²) in [5.41, 5.74) is 3.54. The Kier molecular flexibility index (Phi) is 6.05. The van der Waals surface area contributed by atoms with Crippen molar-refractivity contribution in [1.82, 2.24) is 4.98 Å². The van der Waals surface area contributed by atoms with Gasteiger partial charge in [-0.2, -0.15) is 0 Å². The molecule has 1 saturated heterocycles. The highest BCUT2D eigenvalue weighted by molar-refractivity contribution is 5.89. The minimum absolute atomic E-state index is 0.00872. The predicted molar refractivity (Wildman–Crippen MR) is 118 cm³/mol. The van der Waals surface area contributed by atoms with E-state index < -0.39 is 0 Å². The molecule has 148 valence electrons. The molecule has 2 aromatic carbocycles. The molecule has 4 rings (SSSR count). The largest absolute Gasteiger partial charge is 0.368 e. The number of piperazine rings is 1. The molecule has 5 nitrogen and oxygen atoms in total. The fourth-order valence-corrected chi connectivity index (χ4v) is 3.62. The monoisotopic (exact) mass is 386 g/mol. The van der Waals surface area contributed by atoms with Crippen molar-refractivity contribution in [2.45, 2.75) is 12.8 Å². The first-order valence-corrected chi connectivity index (χ1v) is 10.1. The van der Waals surface area contributed by atoms with E-state index in [0.29, 0.717) is 12.2 Å². The van der Waals surface area contributed by atoms with E-state index in [1.807, 2.05) is 54.7 Å². The Bertz CT molecular complexity index is 905. The topological polar surface area (TPSA) is 48.5 Å². The van der Waals surface area contributed by atoms with Crippen LogP contribution in [-0.2, 0) is 11.2 Å². The maximum Gasteiger partial charge on any atom is 0.225 e. The zero-order chi connectivity index (χ0) is 19.9. The van der Waals surface area contributed by atoms with Gasteiger partial charge in [-0.3, -0.25) is 4.79 Å². The Morgan fingerprint density at radius 1 is 0.793 bits per heavy atom. The van der Waals surface area contributed by atoms with Crippen LogP contribution in [0.25, 0.3) is 0 Å². The van der Waals surface area contributed by atoms with Gasteiger partial charge in [-0.05, 0) is 36.2 Å². The molecule has 0 saturated carbocycles. The third-order valence-corrected chi connectivity index (χ3v) is 5.27. The number of amides is 1. The molecule has 3 aromatic rings. The lowest BCUT2D eigenvalue weighted by atomic mass is 10.1. The fourth-order valence-electron chi connectivity index (χ4n) is 3.62. The minimum atomic E-state index is -0.00872. The van der Waals surface area contributed by atoms with Gasteiger partial charge in [0.25, 0.3) is 0 Å². The molecule has 1 amide bonds. The van der Waals surface area contributed by atoms with Crippen molar-refractivity contribution < 1.29 is 4.79 Å². The number of anilines is 3. The Labute approximate surface area is 172 Å². The number of pyridine rings is 1. The zero-order valence-electron chi connectivity index (χ0n) is 16.5. The van der Waals surface area contributed by atoms with Crippen LogP contribution in [0.4, 0.5) is 17.2 Å². The Morgan fingerprint density at radius 3 is 2.03 bits per heavy atom. The third-order valence-electron chi connectivity index (χ3n) is 5.27. The number of aromatic nitrogens is 1. The number of para-hydroxylation sites is 1. The van der Waals surface area contributed by atoms with Crippen LogP contribution in [0.2, 0.25) is 0 Å². The highest BCUT2D eigenvalue weighted by Crippen LogP contribution is 2.20. The fraction of sp³-hybridized carbons (Fsp3) is 0.250. The highest BCUT2D eigenvalue weighted by atomic mass is 16.1. The van der Waals surface area contributed by atoms with E-state index in [2.05, 4.69) is 44.4 Å². The van der Waals surface area contributed by atoms with Crippen molar-refractivity contribution in [2.24, 2.45) is 0 Å². The molecule has 0 aliphatic carbocycles. The van der Waals surface area contributed by atoms with Crippen molar-refractivity contribution in [3.05, 3.63) is 84.6 Å². The van der Waals surface area contributed by atoms with Crippen LogP contribution in [0, 0.1) is 0 Å². The van der Waals surface area contributed by atoms with Gasteiger partial charge in [0.2, 0.25) is 5.91 Å². The lowest BCUT2D eigenvalue weighted by Gasteiger charge is -2.37. The first kappa shape index (κ1) is 19.0. The van der Waals surface area contributed by atoms with Gasteiger partial charge >= 0.3 is 0 Å². The normalized spacial score (nSPS) is 13.9. The summed E-state index contributed by atoms with van der Waals surface area (Å²) in [7, 11) is 0. The van der Waals surface area contributed by atoms with Crippen LogP contribution in [0.15, 0.2) is 79.0 Å². The molecule has 1 N–H and O–H groups in total. The summed E-state index contributed by atoms with van der Waals surface area (Å²) in [6.45, 7) is 3.89. The molecular formula is C24H26N4O. The van der Waals surface area contributed by atoms with Crippen LogP contribution < -0.4 is 15.1 Å². The van der Waals surface area contributed by atoms with E-state index in [9.17, 15) is 4.79 Å². The quantitative estimate of drug-likeness (QED) is 0.696. The molecule has 1 fully saturated rings. The summed E-state index contributed by atoms with van der Waals surface area (Å²) < 4.78 is 0. The number of nitrogens with one attached hydrogen (secondary N) is 1. The summed E-state index contributed by atoms with van der Waals surface area (Å²) in [6, 6.07) is 24.5. The molecule has 0 spiro atoms.